The molecule has 0 saturated heterocycles. The van der Waals surface area contributed by atoms with E-state index in [4.69, 9.17) is 22.8 Å². The molecular formula is C9H11Cl2N2O3P. The minimum absolute atomic E-state index is 0.00589. The molecule has 0 amide bonds. The first-order valence-electron chi connectivity index (χ1n) is 4.84. The Labute approximate surface area is 109 Å². The topological polar surface area (TPSA) is 72.2 Å². The normalized spacial score (nSPS) is 12.2. The molecule has 1 unspecified atom stereocenters. The molecule has 0 aromatic heterocycles. The number of halogens is 2. The summed E-state index contributed by atoms with van der Waals surface area (Å²) in [6.07, 6.45) is 0.566. The minimum Gasteiger partial charge on any atom is -0.376 e. The fourth-order valence-electron chi connectivity index (χ4n) is 1.36. The number of benzene rings is 1. The third-order valence-electron chi connectivity index (χ3n) is 2.16. The van der Waals surface area contributed by atoms with Gasteiger partial charge in [-0.1, -0.05) is 29.8 Å². The fourth-order valence-corrected chi connectivity index (χ4v) is 2.14. The number of hydrogen-bond donors (Lipinski definition) is 1. The maximum atomic E-state index is 10.8. The van der Waals surface area contributed by atoms with Gasteiger partial charge in [-0.2, -0.15) is 0 Å². The molecule has 94 valence electrons. The van der Waals surface area contributed by atoms with Gasteiger partial charge in [-0.3, -0.25) is 10.1 Å². The molecule has 0 spiro atoms. The Morgan fingerprint density at radius 1 is 1.53 bits per heavy atom. The lowest BCUT2D eigenvalue weighted by molar-refractivity contribution is -0.385. The highest BCUT2D eigenvalue weighted by Gasteiger charge is 2.16. The summed E-state index contributed by atoms with van der Waals surface area (Å²) in [7, 11) is -2.21. The van der Waals surface area contributed by atoms with E-state index in [1.54, 1.807) is 0 Å². The molecule has 17 heavy (non-hydrogen) atoms. The molecule has 0 fully saturated rings. The first-order valence-corrected chi connectivity index (χ1v) is 7.85. The van der Waals surface area contributed by atoms with Crippen LogP contribution in [-0.4, -0.2) is 11.2 Å². The van der Waals surface area contributed by atoms with Gasteiger partial charge in [0.05, 0.1) is 21.9 Å². The van der Waals surface area contributed by atoms with E-state index in [9.17, 15) is 14.7 Å². The SMILES string of the molecule is CCc1cc(Cl)c(NC[PH](=O)Cl)cc1[N+](=O)[O-]. The molecule has 0 bridgehead atoms. The van der Waals surface area contributed by atoms with Crippen LogP contribution in [0.5, 0.6) is 0 Å². The van der Waals surface area contributed by atoms with E-state index in [-0.39, 0.29) is 12.0 Å². The van der Waals surface area contributed by atoms with Crippen molar-refractivity contribution in [2.45, 2.75) is 13.3 Å². The van der Waals surface area contributed by atoms with Crippen LogP contribution in [0.15, 0.2) is 12.1 Å². The van der Waals surface area contributed by atoms with Crippen LogP contribution >= 0.6 is 30.0 Å². The highest BCUT2D eigenvalue weighted by Crippen LogP contribution is 2.33. The summed E-state index contributed by atoms with van der Waals surface area (Å²) < 4.78 is 10.8. The summed E-state index contributed by atoms with van der Waals surface area (Å²) in [5.74, 6) is 0. The van der Waals surface area contributed by atoms with E-state index >= 15 is 0 Å². The van der Waals surface area contributed by atoms with E-state index < -0.39 is 12.1 Å². The summed E-state index contributed by atoms with van der Waals surface area (Å²) >= 11 is 11.3. The average Bonchev–Trinajstić information content (AvgIpc) is 2.26. The Morgan fingerprint density at radius 3 is 2.65 bits per heavy atom. The van der Waals surface area contributed by atoms with Crippen LogP contribution in [-0.2, 0) is 11.0 Å². The molecule has 0 heterocycles. The molecule has 5 nitrogen and oxygen atoms in total. The van der Waals surface area contributed by atoms with E-state index in [1.165, 1.54) is 12.1 Å². The first-order chi connectivity index (χ1) is 7.95. The highest BCUT2D eigenvalue weighted by atomic mass is 35.7. The molecule has 0 aliphatic carbocycles. The number of rotatable bonds is 5. The van der Waals surface area contributed by atoms with Crippen molar-refractivity contribution in [2.75, 3.05) is 11.6 Å². The predicted molar refractivity (Wildman–Crippen MR) is 70.8 cm³/mol. The lowest BCUT2D eigenvalue weighted by Crippen LogP contribution is -2.00. The molecule has 0 radical (unpaired) electrons. The van der Waals surface area contributed by atoms with Crippen molar-refractivity contribution >= 4 is 41.4 Å². The summed E-state index contributed by atoms with van der Waals surface area (Å²) in [4.78, 5) is 10.4. The quantitative estimate of drug-likeness (QED) is 0.508. The van der Waals surface area contributed by atoms with Gasteiger partial charge in [0.25, 0.3) is 5.69 Å². The van der Waals surface area contributed by atoms with E-state index in [2.05, 4.69) is 5.32 Å². The Bertz CT molecular complexity index is 468. The number of nitrogens with one attached hydrogen (secondary N) is 1. The number of nitro benzene ring substituents is 1. The molecule has 0 aliphatic rings. The molecule has 1 atom stereocenters. The molecule has 1 N–H and O–H groups in total. The maximum absolute atomic E-state index is 10.8. The Hall–Kier alpha value is -0.770. The highest BCUT2D eigenvalue weighted by molar-refractivity contribution is 7.73. The molecule has 1 aromatic carbocycles. The van der Waals surface area contributed by atoms with Crippen LogP contribution in [0.1, 0.15) is 12.5 Å². The number of anilines is 1. The zero-order valence-electron chi connectivity index (χ0n) is 9.00. The van der Waals surface area contributed by atoms with E-state index in [0.717, 1.165) is 0 Å². The smallest absolute Gasteiger partial charge is 0.274 e. The second kappa shape index (κ2) is 6.24. The summed E-state index contributed by atoms with van der Waals surface area (Å²) in [5.41, 5.74) is 0.923. The second-order valence-electron chi connectivity index (χ2n) is 3.28. The lowest BCUT2D eigenvalue weighted by atomic mass is 10.1. The average molecular weight is 297 g/mol. The van der Waals surface area contributed by atoms with Crippen LogP contribution < -0.4 is 5.32 Å². The number of nitrogens with zero attached hydrogens (tertiary/aromatic N) is 1. The Balaban J connectivity index is 3.10. The van der Waals surface area contributed by atoms with Crippen molar-refractivity contribution in [1.82, 2.24) is 0 Å². The number of aryl methyl sites for hydroxylation is 1. The third kappa shape index (κ3) is 3.87. The van der Waals surface area contributed by atoms with Gasteiger partial charge in [0.2, 0.25) is 0 Å². The van der Waals surface area contributed by atoms with Crippen LogP contribution in [0.25, 0.3) is 0 Å². The zero-order chi connectivity index (χ0) is 13.0. The van der Waals surface area contributed by atoms with Crippen molar-refractivity contribution in [3.8, 4) is 0 Å². The molecular weight excluding hydrogens is 286 g/mol. The maximum Gasteiger partial charge on any atom is 0.274 e. The molecule has 1 rings (SSSR count). The zero-order valence-corrected chi connectivity index (χ0v) is 11.5. The molecule has 8 heteroatoms. The van der Waals surface area contributed by atoms with Gasteiger partial charge in [0.15, 0.2) is 7.15 Å². The summed E-state index contributed by atoms with van der Waals surface area (Å²) in [6, 6.07) is 2.87. The largest absolute Gasteiger partial charge is 0.376 e. The minimum atomic E-state index is -2.21. The molecule has 0 aliphatic heterocycles. The van der Waals surface area contributed by atoms with Gasteiger partial charge < -0.3 is 9.88 Å². The fraction of sp³-hybridized carbons (Fsp3) is 0.333. The van der Waals surface area contributed by atoms with Crippen LogP contribution in [0.4, 0.5) is 11.4 Å². The van der Waals surface area contributed by atoms with Gasteiger partial charge in [-0.25, -0.2) is 0 Å². The number of hydrogen-bond acceptors (Lipinski definition) is 4. The second-order valence-corrected chi connectivity index (χ2v) is 6.02. The van der Waals surface area contributed by atoms with Crippen LogP contribution in [0.3, 0.4) is 0 Å². The van der Waals surface area contributed by atoms with Gasteiger partial charge in [0.1, 0.15) is 0 Å². The van der Waals surface area contributed by atoms with Crippen molar-refractivity contribution in [3.63, 3.8) is 0 Å². The Morgan fingerprint density at radius 2 is 2.18 bits per heavy atom. The standard InChI is InChI=1S/C9H11Cl2N2O3P/c1-2-6-3-7(10)8(12-5-17(11)16)4-9(6)13(14)15/h3-4,12,17H,2,5H2,1H3. The Kier molecular flexibility index (Phi) is 5.25. The van der Waals surface area contributed by atoms with Crippen molar-refractivity contribution in [1.29, 1.82) is 0 Å². The van der Waals surface area contributed by atoms with E-state index in [0.29, 0.717) is 22.7 Å². The third-order valence-corrected chi connectivity index (χ3v) is 3.33. The lowest BCUT2D eigenvalue weighted by Gasteiger charge is -2.08. The van der Waals surface area contributed by atoms with Crippen LogP contribution in [0.2, 0.25) is 5.02 Å². The van der Waals surface area contributed by atoms with Gasteiger partial charge in [-0.15, -0.1) is 0 Å². The van der Waals surface area contributed by atoms with Crippen molar-refractivity contribution in [3.05, 3.63) is 32.8 Å². The van der Waals surface area contributed by atoms with Gasteiger partial charge >= 0.3 is 0 Å². The van der Waals surface area contributed by atoms with Gasteiger partial charge in [0, 0.05) is 11.6 Å². The monoisotopic (exact) mass is 296 g/mol. The van der Waals surface area contributed by atoms with E-state index in [1.807, 2.05) is 6.92 Å². The predicted octanol–water partition coefficient (Wildman–Crippen LogP) is 3.89. The van der Waals surface area contributed by atoms with Crippen LogP contribution in [0, 0.1) is 10.1 Å². The number of nitro groups is 1. The van der Waals surface area contributed by atoms with Crippen molar-refractivity contribution in [2.24, 2.45) is 0 Å². The van der Waals surface area contributed by atoms with Gasteiger partial charge in [-0.05, 0) is 12.5 Å². The first kappa shape index (κ1) is 14.3. The van der Waals surface area contributed by atoms with Crippen molar-refractivity contribution < 1.29 is 9.49 Å². The molecule has 0 saturated carbocycles. The summed E-state index contributed by atoms with van der Waals surface area (Å²) in [6.45, 7) is 1.81. The summed E-state index contributed by atoms with van der Waals surface area (Å²) in [5, 5.41) is 13.9. The molecule has 1 aromatic rings.